The van der Waals surface area contributed by atoms with Gasteiger partial charge in [-0.1, -0.05) is 18.1 Å². The van der Waals surface area contributed by atoms with E-state index >= 15 is 0 Å². The predicted octanol–water partition coefficient (Wildman–Crippen LogP) is 3.70. The van der Waals surface area contributed by atoms with E-state index in [9.17, 15) is 13.2 Å². The molecule has 0 aromatic heterocycles. The molecular formula is C14H14F3N. The Morgan fingerprint density at radius 1 is 1.22 bits per heavy atom. The second kappa shape index (κ2) is 4.93. The first-order valence-electron chi connectivity index (χ1n) is 5.93. The molecule has 1 aliphatic rings. The standard InChI is InChI=1S/C14H14F3N/c1-2-11-7-5-6-10-18(11)13-9-4-3-8-12(13)14(15,16)17/h1,3-4,8-9,11H,5-7,10H2. The maximum atomic E-state index is 13.0. The van der Waals surface area contributed by atoms with E-state index < -0.39 is 11.7 Å². The van der Waals surface area contributed by atoms with Crippen molar-refractivity contribution in [2.24, 2.45) is 0 Å². The maximum Gasteiger partial charge on any atom is 0.418 e. The molecule has 1 unspecified atom stereocenters. The molecule has 18 heavy (non-hydrogen) atoms. The number of rotatable bonds is 1. The van der Waals surface area contributed by atoms with Gasteiger partial charge in [0.1, 0.15) is 0 Å². The van der Waals surface area contributed by atoms with Crippen molar-refractivity contribution in [3.63, 3.8) is 0 Å². The summed E-state index contributed by atoms with van der Waals surface area (Å²) in [5.41, 5.74) is -0.403. The first-order valence-corrected chi connectivity index (χ1v) is 5.93. The third-order valence-electron chi connectivity index (χ3n) is 3.21. The van der Waals surface area contributed by atoms with Crippen LogP contribution in [0.25, 0.3) is 0 Å². The van der Waals surface area contributed by atoms with Gasteiger partial charge in [-0.15, -0.1) is 6.42 Å². The molecule has 0 spiro atoms. The second-order valence-corrected chi connectivity index (χ2v) is 4.39. The van der Waals surface area contributed by atoms with Gasteiger partial charge in [-0.3, -0.25) is 0 Å². The van der Waals surface area contributed by atoms with Crippen molar-refractivity contribution < 1.29 is 13.2 Å². The molecule has 0 radical (unpaired) electrons. The highest BCUT2D eigenvalue weighted by Crippen LogP contribution is 2.38. The molecule has 0 N–H and O–H groups in total. The number of piperidine rings is 1. The molecule has 1 fully saturated rings. The van der Waals surface area contributed by atoms with Crippen LogP contribution in [0.5, 0.6) is 0 Å². The largest absolute Gasteiger partial charge is 0.418 e. The molecule has 1 aromatic carbocycles. The Hall–Kier alpha value is -1.63. The first kappa shape index (κ1) is 12.8. The van der Waals surface area contributed by atoms with Gasteiger partial charge in [0.25, 0.3) is 0 Å². The minimum absolute atomic E-state index is 0.202. The quantitative estimate of drug-likeness (QED) is 0.690. The number of halogens is 3. The molecule has 1 aliphatic heterocycles. The molecule has 1 atom stereocenters. The number of terminal acetylenes is 1. The maximum absolute atomic E-state index is 13.0. The summed E-state index contributed by atoms with van der Waals surface area (Å²) in [5.74, 6) is 2.59. The lowest BCUT2D eigenvalue weighted by molar-refractivity contribution is -0.137. The Bertz CT molecular complexity index is 459. The van der Waals surface area contributed by atoms with E-state index in [1.165, 1.54) is 12.1 Å². The van der Waals surface area contributed by atoms with E-state index in [1.54, 1.807) is 11.0 Å². The van der Waals surface area contributed by atoms with Crippen LogP contribution in [0.4, 0.5) is 18.9 Å². The van der Waals surface area contributed by atoms with Crippen molar-refractivity contribution in [2.45, 2.75) is 31.5 Å². The monoisotopic (exact) mass is 253 g/mol. The topological polar surface area (TPSA) is 3.24 Å². The van der Waals surface area contributed by atoms with Crippen LogP contribution in [0.1, 0.15) is 24.8 Å². The summed E-state index contributed by atoms with van der Waals surface area (Å²) in [6.07, 6.45) is 3.68. The number of anilines is 1. The van der Waals surface area contributed by atoms with Gasteiger partial charge in [-0.25, -0.2) is 0 Å². The first-order chi connectivity index (χ1) is 8.54. The molecule has 0 aliphatic carbocycles. The molecule has 1 heterocycles. The average Bonchev–Trinajstić information content (AvgIpc) is 2.37. The van der Waals surface area contributed by atoms with Gasteiger partial charge < -0.3 is 4.90 Å². The molecule has 1 nitrogen and oxygen atoms in total. The van der Waals surface area contributed by atoms with Crippen molar-refractivity contribution in [2.75, 3.05) is 11.4 Å². The Morgan fingerprint density at radius 3 is 2.61 bits per heavy atom. The van der Waals surface area contributed by atoms with Crippen molar-refractivity contribution in [3.8, 4) is 12.3 Å². The molecule has 0 amide bonds. The lowest BCUT2D eigenvalue weighted by Crippen LogP contribution is -2.39. The van der Waals surface area contributed by atoms with Crippen LogP contribution in [-0.4, -0.2) is 12.6 Å². The Kier molecular flexibility index (Phi) is 3.51. The summed E-state index contributed by atoms with van der Waals surface area (Å²) in [4.78, 5) is 1.70. The van der Waals surface area contributed by atoms with Crippen LogP contribution in [0.3, 0.4) is 0 Å². The summed E-state index contributed by atoms with van der Waals surface area (Å²) < 4.78 is 38.9. The molecule has 0 bridgehead atoms. The summed E-state index contributed by atoms with van der Waals surface area (Å²) >= 11 is 0. The highest BCUT2D eigenvalue weighted by molar-refractivity contribution is 5.57. The van der Waals surface area contributed by atoms with Crippen LogP contribution in [0.2, 0.25) is 0 Å². The van der Waals surface area contributed by atoms with Gasteiger partial charge in [0.2, 0.25) is 0 Å². The van der Waals surface area contributed by atoms with Gasteiger partial charge in [0.05, 0.1) is 11.6 Å². The van der Waals surface area contributed by atoms with Crippen LogP contribution in [0.15, 0.2) is 24.3 Å². The molecule has 96 valence electrons. The van der Waals surface area contributed by atoms with E-state index in [4.69, 9.17) is 6.42 Å². The summed E-state index contributed by atoms with van der Waals surface area (Å²) in [5, 5.41) is 0. The molecule has 4 heteroatoms. The lowest BCUT2D eigenvalue weighted by Gasteiger charge is -2.36. The van der Waals surface area contributed by atoms with Crippen molar-refractivity contribution in [1.29, 1.82) is 0 Å². The third kappa shape index (κ3) is 2.45. The van der Waals surface area contributed by atoms with Crippen LogP contribution in [-0.2, 0) is 6.18 Å². The minimum Gasteiger partial charge on any atom is -0.357 e. The fraction of sp³-hybridized carbons (Fsp3) is 0.429. The molecular weight excluding hydrogens is 239 g/mol. The number of hydrogen-bond donors (Lipinski definition) is 0. The highest BCUT2D eigenvalue weighted by atomic mass is 19.4. The average molecular weight is 253 g/mol. The van der Waals surface area contributed by atoms with Crippen molar-refractivity contribution in [3.05, 3.63) is 29.8 Å². The van der Waals surface area contributed by atoms with Crippen molar-refractivity contribution >= 4 is 5.69 Å². The predicted molar refractivity (Wildman–Crippen MR) is 65.3 cm³/mol. The fourth-order valence-corrected chi connectivity index (χ4v) is 2.36. The number of nitrogens with zero attached hydrogens (tertiary/aromatic N) is 1. The smallest absolute Gasteiger partial charge is 0.357 e. The summed E-state index contributed by atoms with van der Waals surface area (Å²) in [6, 6.07) is 5.39. The molecule has 2 rings (SSSR count). The van der Waals surface area contributed by atoms with Gasteiger partial charge in [0, 0.05) is 12.2 Å². The van der Waals surface area contributed by atoms with Crippen LogP contribution >= 0.6 is 0 Å². The zero-order valence-corrected chi connectivity index (χ0v) is 9.87. The van der Waals surface area contributed by atoms with Crippen LogP contribution in [0, 0.1) is 12.3 Å². The minimum atomic E-state index is -4.34. The number of para-hydroxylation sites is 1. The zero-order valence-electron chi connectivity index (χ0n) is 9.87. The Morgan fingerprint density at radius 2 is 1.94 bits per heavy atom. The van der Waals surface area contributed by atoms with E-state index in [1.807, 2.05) is 0 Å². The number of alkyl halides is 3. The Labute approximate surface area is 105 Å². The normalized spacial score (nSPS) is 20.6. The lowest BCUT2D eigenvalue weighted by atomic mass is 10.00. The number of hydrogen-bond acceptors (Lipinski definition) is 1. The Balaban J connectivity index is 2.41. The van der Waals surface area contributed by atoms with Gasteiger partial charge in [-0.2, -0.15) is 13.2 Å². The van der Waals surface area contributed by atoms with E-state index in [2.05, 4.69) is 5.92 Å². The zero-order chi connectivity index (χ0) is 13.2. The molecule has 1 aromatic rings. The SMILES string of the molecule is C#CC1CCCCN1c1ccccc1C(F)(F)F. The van der Waals surface area contributed by atoms with Crippen LogP contribution < -0.4 is 4.90 Å². The third-order valence-corrected chi connectivity index (χ3v) is 3.21. The van der Waals surface area contributed by atoms with Gasteiger partial charge >= 0.3 is 6.18 Å². The van der Waals surface area contributed by atoms with E-state index in [-0.39, 0.29) is 11.7 Å². The van der Waals surface area contributed by atoms with Crippen molar-refractivity contribution in [1.82, 2.24) is 0 Å². The second-order valence-electron chi connectivity index (χ2n) is 4.39. The van der Waals surface area contributed by atoms with Gasteiger partial charge in [0.15, 0.2) is 0 Å². The highest BCUT2D eigenvalue weighted by Gasteiger charge is 2.36. The summed E-state index contributed by atoms with van der Waals surface area (Å²) in [6.45, 7) is 0.585. The fourth-order valence-electron chi connectivity index (χ4n) is 2.36. The number of benzene rings is 1. The molecule has 0 saturated carbocycles. The van der Waals surface area contributed by atoms with Gasteiger partial charge in [-0.05, 0) is 31.4 Å². The van der Waals surface area contributed by atoms with E-state index in [0.29, 0.717) is 6.54 Å². The summed E-state index contributed by atoms with van der Waals surface area (Å²) in [7, 11) is 0. The molecule has 1 saturated heterocycles. The van der Waals surface area contributed by atoms with E-state index in [0.717, 1.165) is 25.3 Å².